The molecular weight excluding hydrogens is 414 g/mol. The summed E-state index contributed by atoms with van der Waals surface area (Å²) in [6.07, 6.45) is 4.22. The largest absolute Gasteiger partial charge is 0.435 e. The summed E-state index contributed by atoms with van der Waals surface area (Å²) < 4.78 is 30.2. The normalized spacial score (nSPS) is 13.9. The van der Waals surface area contributed by atoms with E-state index >= 15 is 4.39 Å². The number of hydrogen-bond donors (Lipinski definition) is 0. The van der Waals surface area contributed by atoms with E-state index in [9.17, 15) is 19.8 Å². The highest BCUT2D eigenvalue weighted by Gasteiger charge is 2.48. The van der Waals surface area contributed by atoms with Gasteiger partial charge in [0.2, 0.25) is 0 Å². The van der Waals surface area contributed by atoms with Crippen LogP contribution in [0.3, 0.4) is 0 Å². The Bertz CT molecular complexity index is 1180. The molecule has 3 rings (SSSR count). The van der Waals surface area contributed by atoms with E-state index in [-0.39, 0.29) is 12.0 Å². The van der Waals surface area contributed by atoms with E-state index in [1.165, 1.54) is 23.0 Å². The molecule has 32 heavy (non-hydrogen) atoms. The van der Waals surface area contributed by atoms with E-state index in [4.69, 9.17) is 0 Å². The van der Waals surface area contributed by atoms with Crippen LogP contribution in [-0.2, 0) is 5.41 Å². The van der Waals surface area contributed by atoms with Crippen LogP contribution in [0.1, 0.15) is 54.5 Å². The van der Waals surface area contributed by atoms with Crippen molar-refractivity contribution in [1.29, 1.82) is 5.26 Å². The molecule has 8 heteroatoms. The number of nitro groups is 1. The zero-order chi connectivity index (χ0) is 23.5. The average Bonchev–Trinajstić information content (AvgIpc) is 3.22. The molecule has 0 saturated carbocycles. The molecule has 0 aliphatic heterocycles. The summed E-state index contributed by atoms with van der Waals surface area (Å²) in [5.74, 6) is -2.07. The molecule has 1 heterocycles. The minimum absolute atomic E-state index is 0.00261. The molecule has 0 bridgehead atoms. The zero-order valence-corrected chi connectivity index (χ0v) is 18.2. The number of aromatic nitrogens is 2. The summed E-state index contributed by atoms with van der Waals surface area (Å²) in [6, 6.07) is 10.0. The molecule has 6 nitrogen and oxygen atoms in total. The lowest BCUT2D eigenvalue weighted by Crippen LogP contribution is -2.38. The number of aryl methyl sites for hydroxylation is 2. The highest BCUT2D eigenvalue weighted by atomic mass is 19.1. The zero-order valence-electron chi connectivity index (χ0n) is 18.2. The van der Waals surface area contributed by atoms with Crippen molar-refractivity contribution in [3.8, 4) is 6.07 Å². The van der Waals surface area contributed by atoms with Gasteiger partial charge in [0.15, 0.2) is 0 Å². The molecular formula is C24H24F2N4O2. The van der Waals surface area contributed by atoms with E-state index in [0.717, 1.165) is 29.7 Å². The lowest BCUT2D eigenvalue weighted by atomic mass is 9.68. The van der Waals surface area contributed by atoms with Crippen LogP contribution in [-0.4, -0.2) is 14.5 Å². The van der Waals surface area contributed by atoms with Gasteiger partial charge in [-0.25, -0.2) is 13.3 Å². The molecule has 1 aromatic heterocycles. The van der Waals surface area contributed by atoms with Crippen molar-refractivity contribution < 1.29 is 13.7 Å². The van der Waals surface area contributed by atoms with Crippen molar-refractivity contribution in [3.63, 3.8) is 0 Å². The Morgan fingerprint density at radius 3 is 2.59 bits per heavy atom. The van der Waals surface area contributed by atoms with Gasteiger partial charge in [-0.05, 0) is 42.4 Å². The Morgan fingerprint density at radius 1 is 1.25 bits per heavy atom. The smallest absolute Gasteiger partial charge is 0.390 e. The molecule has 0 N–H and O–H groups in total. The summed E-state index contributed by atoms with van der Waals surface area (Å²) >= 11 is 0. The lowest BCUT2D eigenvalue weighted by molar-refractivity contribution is -0.397. The number of benzene rings is 2. The van der Waals surface area contributed by atoms with Crippen LogP contribution in [0.25, 0.3) is 0 Å². The van der Waals surface area contributed by atoms with Gasteiger partial charge in [0, 0.05) is 11.6 Å². The predicted molar refractivity (Wildman–Crippen MR) is 116 cm³/mol. The van der Waals surface area contributed by atoms with Gasteiger partial charge in [0.25, 0.3) is 0 Å². The Morgan fingerprint density at radius 2 is 2.00 bits per heavy atom. The molecule has 2 unspecified atom stereocenters. The first-order valence-corrected chi connectivity index (χ1v) is 10.4. The molecule has 166 valence electrons. The maximum absolute atomic E-state index is 15.2. The van der Waals surface area contributed by atoms with Gasteiger partial charge < -0.3 is 10.1 Å². The number of halogens is 2. The third-order valence-corrected chi connectivity index (χ3v) is 5.81. The summed E-state index contributed by atoms with van der Waals surface area (Å²) in [7, 11) is 0. The topological polar surface area (TPSA) is 84.8 Å². The first-order chi connectivity index (χ1) is 15.2. The summed E-state index contributed by atoms with van der Waals surface area (Å²) in [5.41, 5.74) is 0.881. The van der Waals surface area contributed by atoms with Gasteiger partial charge >= 0.3 is 5.95 Å². The molecule has 0 aliphatic rings. The van der Waals surface area contributed by atoms with Crippen LogP contribution < -0.4 is 0 Å². The van der Waals surface area contributed by atoms with Crippen LogP contribution in [0, 0.1) is 46.9 Å². The van der Waals surface area contributed by atoms with Gasteiger partial charge in [-0.3, -0.25) is 0 Å². The van der Waals surface area contributed by atoms with Gasteiger partial charge in [-0.2, -0.15) is 5.26 Å². The number of rotatable bonds is 8. The molecule has 0 spiro atoms. The molecule has 0 fully saturated rings. The van der Waals surface area contributed by atoms with Crippen molar-refractivity contribution >= 4 is 5.95 Å². The minimum atomic E-state index is -1.54. The molecule has 2 atom stereocenters. The molecule has 0 saturated heterocycles. The second kappa shape index (κ2) is 9.27. The van der Waals surface area contributed by atoms with E-state index in [2.05, 4.69) is 11.1 Å². The number of hydrogen-bond acceptors (Lipinski definition) is 4. The fourth-order valence-corrected chi connectivity index (χ4v) is 4.34. The third-order valence-electron chi connectivity index (χ3n) is 5.81. The van der Waals surface area contributed by atoms with Crippen LogP contribution in [0.5, 0.6) is 0 Å². The summed E-state index contributed by atoms with van der Waals surface area (Å²) in [5, 5.41) is 22.3. The van der Waals surface area contributed by atoms with Crippen LogP contribution in [0.15, 0.2) is 48.8 Å². The lowest BCUT2D eigenvalue weighted by Gasteiger charge is -2.36. The van der Waals surface area contributed by atoms with Gasteiger partial charge in [-0.1, -0.05) is 54.6 Å². The second-order valence-electron chi connectivity index (χ2n) is 7.97. The Kier molecular flexibility index (Phi) is 6.68. The van der Waals surface area contributed by atoms with Crippen molar-refractivity contribution in [3.05, 3.63) is 92.8 Å². The average molecular weight is 438 g/mol. The number of nitriles is 1. The van der Waals surface area contributed by atoms with Gasteiger partial charge in [0.1, 0.15) is 35.5 Å². The van der Waals surface area contributed by atoms with Crippen LogP contribution in [0.2, 0.25) is 0 Å². The number of imidazole rings is 1. The highest BCUT2D eigenvalue weighted by molar-refractivity contribution is 5.45. The van der Waals surface area contributed by atoms with E-state index in [0.29, 0.717) is 12.0 Å². The first kappa shape index (κ1) is 23.1. The molecule has 2 aromatic carbocycles. The summed E-state index contributed by atoms with van der Waals surface area (Å²) in [6.45, 7) is 5.70. The molecule has 0 aliphatic carbocycles. The maximum Gasteiger partial charge on any atom is 0.435 e. The SMILES string of the molecule is CCCCC(C#N)(c1ccc(F)cc1F)C(c1ccc(C)cc1C)n1ccnc1[N+](=O)[O-]. The fourth-order valence-electron chi connectivity index (χ4n) is 4.34. The molecule has 3 aromatic rings. The maximum atomic E-state index is 15.2. The van der Waals surface area contributed by atoms with Crippen molar-refractivity contribution in [2.45, 2.75) is 51.5 Å². The number of nitrogens with zero attached hydrogens (tertiary/aromatic N) is 4. The number of unbranched alkanes of at least 4 members (excludes halogenated alkanes) is 1. The first-order valence-electron chi connectivity index (χ1n) is 10.4. The van der Waals surface area contributed by atoms with Crippen LogP contribution in [0.4, 0.5) is 14.7 Å². The standard InChI is InChI=1S/C24H24F2N4O2/c1-4-5-10-24(15-27,20-9-7-18(25)14-21(20)26)22(19-8-6-16(2)13-17(19)3)29-12-11-28-23(29)30(31)32/h6-9,11-14,22H,4-5,10H2,1-3H3. The van der Waals surface area contributed by atoms with Crippen LogP contribution >= 0.6 is 0 Å². The Balaban J connectivity index is 2.42. The third kappa shape index (κ3) is 4.11. The molecule has 0 amide bonds. The van der Waals surface area contributed by atoms with Gasteiger partial charge in [0.05, 0.1) is 6.07 Å². The minimum Gasteiger partial charge on any atom is -0.390 e. The summed E-state index contributed by atoms with van der Waals surface area (Å²) in [4.78, 5) is 15.0. The van der Waals surface area contributed by atoms with Gasteiger partial charge in [-0.15, -0.1) is 0 Å². The Labute approximate surface area is 185 Å². The van der Waals surface area contributed by atoms with E-state index < -0.39 is 34.0 Å². The quantitative estimate of drug-likeness (QED) is 0.322. The van der Waals surface area contributed by atoms with Crippen molar-refractivity contribution in [2.24, 2.45) is 0 Å². The molecule has 0 radical (unpaired) electrons. The Hall–Kier alpha value is -3.60. The van der Waals surface area contributed by atoms with Crippen molar-refractivity contribution in [2.75, 3.05) is 0 Å². The van der Waals surface area contributed by atoms with Crippen molar-refractivity contribution in [1.82, 2.24) is 9.55 Å². The second-order valence-corrected chi connectivity index (χ2v) is 7.97. The van der Waals surface area contributed by atoms with E-state index in [1.54, 1.807) is 6.07 Å². The highest BCUT2D eigenvalue weighted by Crippen LogP contribution is 2.47. The predicted octanol–water partition coefficient (Wildman–Crippen LogP) is 5.93. The monoisotopic (exact) mass is 438 g/mol. The van der Waals surface area contributed by atoms with E-state index in [1.807, 2.05) is 32.9 Å². The fraction of sp³-hybridized carbons (Fsp3) is 0.333.